The van der Waals surface area contributed by atoms with Crippen molar-refractivity contribution in [2.75, 3.05) is 149 Å². The molecule has 1 aliphatic carbocycles. The van der Waals surface area contributed by atoms with Crippen LogP contribution in [-0.2, 0) is 82.7 Å². The minimum Gasteiger partial charge on any atom is -0.399 e. The monoisotopic (exact) mass is 1300 g/mol. The van der Waals surface area contributed by atoms with E-state index in [9.17, 15) is 33.6 Å². The Hall–Kier alpha value is -6.42. The van der Waals surface area contributed by atoms with Gasteiger partial charge in [-0.2, -0.15) is 0 Å². The number of anilines is 1. The highest BCUT2D eigenvalue weighted by molar-refractivity contribution is 7.93. The summed E-state index contributed by atoms with van der Waals surface area (Å²) in [7, 11) is 0. The Balaban J connectivity index is 1.00. The van der Waals surface area contributed by atoms with E-state index in [1.54, 1.807) is 18.7 Å². The SMILES string of the molecule is CC(C)C(NC(=O)[C@@H](CCCCNC(=O)COC1CCCCCC(NCCOCCOCCOCCOCCC(=O)NCCSO)=C1N)NC(=O)CCOCCOCCOCCOCCNC(=O)CCC(=O)N1Cc2ccccc2C#Cc2ccccc21)C(N)=O. The quantitative estimate of drug-likeness (QED) is 0.0261. The average molecular weight is 1300 g/mol. The molecule has 0 saturated carbocycles. The van der Waals surface area contributed by atoms with Crippen LogP contribution in [0.25, 0.3) is 0 Å². The Morgan fingerprint density at radius 1 is 0.604 bits per heavy atom. The number of allylic oxidation sites excluding steroid dienone is 1. The zero-order valence-electron chi connectivity index (χ0n) is 53.2. The molecule has 2 aromatic rings. The number of benzene rings is 2. The number of hydrogen-bond acceptors (Lipinski definition) is 20. The summed E-state index contributed by atoms with van der Waals surface area (Å²) in [4.78, 5) is 90.8. The highest BCUT2D eigenvalue weighted by Crippen LogP contribution is 2.26. The minimum atomic E-state index is -0.971. The lowest BCUT2D eigenvalue weighted by atomic mass is 9.99. The lowest BCUT2D eigenvalue weighted by molar-refractivity contribution is -0.132. The number of nitrogens with two attached hydrogens (primary N) is 2. The summed E-state index contributed by atoms with van der Waals surface area (Å²) in [5, 5.41) is 17.2. The van der Waals surface area contributed by atoms with E-state index in [0.717, 1.165) is 53.8 Å². The number of primary amides is 1. The first-order chi connectivity index (χ1) is 44.3. The highest BCUT2D eigenvalue weighted by atomic mass is 32.2. The summed E-state index contributed by atoms with van der Waals surface area (Å²) in [6.07, 6.45) is 5.32. The topological polar surface area (TPSA) is 350 Å². The molecule has 2 unspecified atom stereocenters. The Kier molecular flexibility index (Phi) is 40.9. The van der Waals surface area contributed by atoms with Gasteiger partial charge in [0.2, 0.25) is 41.4 Å². The fourth-order valence-corrected chi connectivity index (χ4v) is 9.51. The molecular weight excluding hydrogens is 1200 g/mol. The molecule has 508 valence electrons. The van der Waals surface area contributed by atoms with Gasteiger partial charge in [0.25, 0.3) is 0 Å². The van der Waals surface area contributed by atoms with Crippen LogP contribution in [0.2, 0.25) is 0 Å². The Labute approximate surface area is 540 Å². The standard InChI is InChI=1S/C64H99N9O17S/c1-48(2)62(63(66)79)72-64(80)53(16-10-11-25-68-59(77)47-90-55-18-5-3-4-15-52(61(55)65)67-26-31-84-35-39-88-43-41-86-37-33-82-29-23-57(75)70-28-45-91-81)71-58(76)24-30-83-34-38-87-42-44-89-40-36-85-32-27-69-56(74)21-22-60(78)73-46-51-14-7-6-12-49(51)19-20-50-13-8-9-17-54(50)73/h6-9,12-14,17,48,53,55,62,67,81H,3-5,10-11,15-16,18,21-47,65H2,1-2H3,(H2,66,79)(H,68,77)(H,69,74)(H,70,75)(H,71,76)(H,72,80)/t53-,55?,62?/m1/s1. The van der Waals surface area contributed by atoms with Crippen LogP contribution in [0.3, 0.4) is 0 Å². The van der Waals surface area contributed by atoms with Gasteiger partial charge in [-0.1, -0.05) is 68.9 Å². The van der Waals surface area contributed by atoms with Crippen LogP contribution in [0.5, 0.6) is 0 Å². The second kappa shape index (κ2) is 48.3. The molecule has 0 bridgehead atoms. The van der Waals surface area contributed by atoms with Crippen LogP contribution in [0.4, 0.5) is 5.69 Å². The number of hydrogen-bond donors (Lipinski definition) is 9. The number of nitrogens with zero attached hydrogens (tertiary/aromatic N) is 1. The number of carbonyl (C=O) groups excluding carboxylic acids is 7. The lowest BCUT2D eigenvalue weighted by Crippen LogP contribution is -2.54. The molecule has 0 fully saturated rings. The second-order valence-corrected chi connectivity index (χ2v) is 22.4. The summed E-state index contributed by atoms with van der Waals surface area (Å²) >= 11 is 0.682. The van der Waals surface area contributed by atoms with Crippen LogP contribution in [-0.4, -0.2) is 208 Å². The van der Waals surface area contributed by atoms with Crippen molar-refractivity contribution >= 4 is 59.1 Å². The maximum Gasteiger partial charge on any atom is 0.246 e. The van der Waals surface area contributed by atoms with Crippen molar-refractivity contribution in [2.24, 2.45) is 17.4 Å². The van der Waals surface area contributed by atoms with Crippen molar-refractivity contribution in [1.29, 1.82) is 0 Å². The molecule has 2 aliphatic rings. The third-order valence-electron chi connectivity index (χ3n) is 14.3. The number of unbranched alkanes of at least 4 members (excludes halogenated alkanes) is 1. The first kappa shape index (κ1) is 77.0. The van der Waals surface area contributed by atoms with Crippen molar-refractivity contribution in [3.8, 4) is 11.8 Å². The van der Waals surface area contributed by atoms with Crippen LogP contribution in [0, 0.1) is 17.8 Å². The number of rotatable bonds is 50. The Morgan fingerprint density at radius 3 is 1.79 bits per heavy atom. The molecule has 4 rings (SSSR count). The van der Waals surface area contributed by atoms with E-state index in [-0.39, 0.29) is 101 Å². The molecule has 26 nitrogen and oxygen atoms in total. The van der Waals surface area contributed by atoms with Crippen molar-refractivity contribution < 1.29 is 80.7 Å². The average Bonchev–Trinajstić information content (AvgIpc) is 1.00. The van der Waals surface area contributed by atoms with E-state index in [1.165, 1.54) is 0 Å². The fourth-order valence-electron chi connectivity index (χ4n) is 9.32. The molecule has 3 atom stereocenters. The number of nitrogens with one attached hydrogen (secondary N) is 6. The van der Waals surface area contributed by atoms with E-state index >= 15 is 0 Å². The van der Waals surface area contributed by atoms with Crippen molar-refractivity contribution in [3.63, 3.8) is 0 Å². The summed E-state index contributed by atoms with van der Waals surface area (Å²) < 4.78 is 59.2. The normalized spacial score (nSPS) is 14.5. The van der Waals surface area contributed by atoms with E-state index in [1.807, 2.05) is 48.5 Å². The largest absolute Gasteiger partial charge is 0.399 e. The van der Waals surface area contributed by atoms with Gasteiger partial charge < -0.3 is 95.5 Å². The maximum absolute atomic E-state index is 13.4. The van der Waals surface area contributed by atoms with Crippen LogP contribution in [0.15, 0.2) is 59.9 Å². The number of para-hydroxylation sites is 1. The van der Waals surface area contributed by atoms with Crippen LogP contribution >= 0.6 is 12.0 Å². The molecule has 0 aromatic heterocycles. The summed E-state index contributed by atoms with van der Waals surface area (Å²) in [5.41, 5.74) is 16.9. The predicted octanol–water partition coefficient (Wildman–Crippen LogP) is 2.57. The first-order valence-electron chi connectivity index (χ1n) is 31.7. The molecule has 0 saturated heterocycles. The van der Waals surface area contributed by atoms with Gasteiger partial charge in [-0.25, -0.2) is 0 Å². The van der Waals surface area contributed by atoms with Gasteiger partial charge in [0.1, 0.15) is 18.7 Å². The van der Waals surface area contributed by atoms with E-state index < -0.39 is 35.9 Å². The molecule has 7 amide bonds. The smallest absolute Gasteiger partial charge is 0.246 e. The number of fused-ring (bicyclic) bond motifs is 2. The maximum atomic E-state index is 13.4. The molecule has 11 N–H and O–H groups in total. The predicted molar refractivity (Wildman–Crippen MR) is 343 cm³/mol. The van der Waals surface area contributed by atoms with E-state index in [4.69, 9.17) is 58.7 Å². The lowest BCUT2D eigenvalue weighted by Gasteiger charge is -2.26. The fraction of sp³-hybridized carbons (Fsp3) is 0.641. The third-order valence-corrected chi connectivity index (χ3v) is 14.6. The number of ether oxygens (including phenoxy) is 9. The van der Waals surface area contributed by atoms with Crippen molar-refractivity contribution in [1.82, 2.24) is 31.9 Å². The molecule has 1 aliphatic heterocycles. The number of carbonyl (C=O) groups is 7. The van der Waals surface area contributed by atoms with Gasteiger partial charge in [-0.05, 0) is 80.2 Å². The van der Waals surface area contributed by atoms with Gasteiger partial charge in [-0.15, -0.1) is 0 Å². The minimum absolute atomic E-state index is 0.0313. The molecule has 0 radical (unpaired) electrons. The van der Waals surface area contributed by atoms with E-state index in [2.05, 4.69) is 43.7 Å². The zero-order chi connectivity index (χ0) is 65.5. The molecule has 1 heterocycles. The summed E-state index contributed by atoms with van der Waals surface area (Å²) in [6, 6.07) is 13.3. The van der Waals surface area contributed by atoms with Crippen molar-refractivity contribution in [3.05, 3.63) is 76.6 Å². The summed E-state index contributed by atoms with van der Waals surface area (Å²) in [5.74, 6) is 4.03. The third kappa shape index (κ3) is 34.2. The Morgan fingerprint density at radius 2 is 1.15 bits per heavy atom. The molecule has 27 heteroatoms. The molecule has 2 aromatic carbocycles. The highest BCUT2D eigenvalue weighted by Gasteiger charge is 2.28. The molecular formula is C64H99N9O17S. The zero-order valence-corrected chi connectivity index (χ0v) is 54.0. The van der Waals surface area contributed by atoms with Crippen molar-refractivity contribution in [2.45, 2.75) is 116 Å². The van der Waals surface area contributed by atoms with Gasteiger partial charge in [0.05, 0.1) is 130 Å². The second-order valence-electron chi connectivity index (χ2n) is 21.7. The number of amides is 7. The molecule has 0 spiro atoms. The van der Waals surface area contributed by atoms with Crippen LogP contribution < -0.4 is 48.3 Å². The Bertz CT molecular complexity index is 2570. The molecule has 91 heavy (non-hydrogen) atoms. The van der Waals surface area contributed by atoms with Gasteiger partial charge in [-0.3, -0.25) is 33.6 Å². The van der Waals surface area contributed by atoms with Gasteiger partial charge in [0, 0.05) is 74.4 Å². The van der Waals surface area contributed by atoms with Gasteiger partial charge >= 0.3 is 0 Å². The van der Waals surface area contributed by atoms with Gasteiger partial charge in [0.15, 0.2) is 0 Å². The van der Waals surface area contributed by atoms with Crippen LogP contribution in [0.1, 0.15) is 108 Å². The van der Waals surface area contributed by atoms with E-state index in [0.29, 0.717) is 148 Å². The summed E-state index contributed by atoms with van der Waals surface area (Å²) in [6.45, 7) is 10.4. The first-order valence-corrected chi connectivity index (χ1v) is 32.6.